The van der Waals surface area contributed by atoms with Crippen LogP contribution in [0.2, 0.25) is 0 Å². The smallest absolute Gasteiger partial charge is 0.321 e. The average Bonchev–Trinajstić information content (AvgIpc) is 2.63. The summed E-state index contributed by atoms with van der Waals surface area (Å²) in [5.41, 5.74) is 2.02. The number of aliphatic hydroxyl groups is 1. The van der Waals surface area contributed by atoms with E-state index in [-0.39, 0.29) is 18.7 Å². The lowest BCUT2D eigenvalue weighted by molar-refractivity contribution is 0.147. The summed E-state index contributed by atoms with van der Waals surface area (Å²) in [5, 5.41) is 16.2. The maximum absolute atomic E-state index is 12.1. The van der Waals surface area contributed by atoms with Crippen molar-refractivity contribution in [1.82, 2.24) is 10.2 Å². The van der Waals surface area contributed by atoms with Crippen molar-refractivity contribution in [1.29, 1.82) is 0 Å². The van der Waals surface area contributed by atoms with Gasteiger partial charge in [0.15, 0.2) is 0 Å². The van der Waals surface area contributed by atoms with Crippen LogP contribution in [0, 0.1) is 5.92 Å². The van der Waals surface area contributed by atoms with E-state index in [0.717, 1.165) is 18.5 Å². The summed E-state index contributed by atoms with van der Waals surface area (Å²) in [7, 11) is 0. The molecule has 2 rings (SSSR count). The first-order valence-corrected chi connectivity index (χ1v) is 9.61. The number of carbonyl (C=O) groups excluding carboxylic acids is 1. The molecule has 140 valence electrons. The maximum atomic E-state index is 12.1. The summed E-state index contributed by atoms with van der Waals surface area (Å²) >= 11 is 0. The normalized spacial score (nSPS) is 21.6. The fourth-order valence-electron chi connectivity index (χ4n) is 3.63. The highest BCUT2D eigenvalue weighted by Crippen LogP contribution is 2.26. The molecule has 25 heavy (non-hydrogen) atoms. The molecule has 0 spiro atoms. The molecule has 3 atom stereocenters. The Morgan fingerprint density at radius 3 is 2.44 bits per heavy atom. The number of nitrogens with zero attached hydrogens (tertiary/aromatic N) is 1. The molecule has 0 bridgehead atoms. The molecule has 1 saturated carbocycles. The topological polar surface area (TPSA) is 64.6 Å². The van der Waals surface area contributed by atoms with Crippen LogP contribution in [0.5, 0.6) is 0 Å². The monoisotopic (exact) mass is 347 g/mol. The molecular formula is C20H33N3O2. The molecule has 1 aliphatic carbocycles. The van der Waals surface area contributed by atoms with Gasteiger partial charge in [-0.15, -0.1) is 0 Å². The predicted octanol–water partition coefficient (Wildman–Crippen LogP) is 3.76. The van der Waals surface area contributed by atoms with Gasteiger partial charge >= 0.3 is 6.03 Å². The number of hydrogen-bond donors (Lipinski definition) is 3. The number of nitrogens with one attached hydrogen (secondary N) is 2. The minimum absolute atomic E-state index is 0.0584. The molecule has 1 aromatic rings. The zero-order valence-corrected chi connectivity index (χ0v) is 15.8. The molecule has 1 fully saturated rings. The lowest BCUT2D eigenvalue weighted by atomic mass is 9.84. The summed E-state index contributed by atoms with van der Waals surface area (Å²) < 4.78 is 0. The van der Waals surface area contributed by atoms with Crippen LogP contribution in [0.4, 0.5) is 10.5 Å². The van der Waals surface area contributed by atoms with Gasteiger partial charge in [-0.05, 0) is 57.2 Å². The Morgan fingerprint density at radius 2 is 1.84 bits per heavy atom. The Balaban J connectivity index is 1.93. The molecule has 3 N–H and O–H groups in total. The molecule has 0 aromatic heterocycles. The van der Waals surface area contributed by atoms with Crippen LogP contribution >= 0.6 is 0 Å². The molecule has 0 saturated heterocycles. The SMILES string of the molecule is CCN(CC)C(=O)Nc1ccc(C(C)NC2CCCCC2CO)cc1. The van der Waals surface area contributed by atoms with Crippen molar-refractivity contribution in [2.45, 2.75) is 58.5 Å². The van der Waals surface area contributed by atoms with Crippen molar-refractivity contribution in [3.8, 4) is 0 Å². The second-order valence-electron chi connectivity index (χ2n) is 6.95. The molecule has 0 radical (unpaired) electrons. The summed E-state index contributed by atoms with van der Waals surface area (Å²) in [5.74, 6) is 0.365. The summed E-state index contributed by atoms with van der Waals surface area (Å²) in [6, 6.07) is 8.59. The molecule has 2 amide bonds. The zero-order valence-electron chi connectivity index (χ0n) is 15.8. The van der Waals surface area contributed by atoms with Crippen molar-refractivity contribution in [2.24, 2.45) is 5.92 Å². The van der Waals surface area contributed by atoms with E-state index in [9.17, 15) is 9.90 Å². The maximum Gasteiger partial charge on any atom is 0.321 e. The molecule has 5 heteroatoms. The number of anilines is 1. The molecule has 5 nitrogen and oxygen atoms in total. The van der Waals surface area contributed by atoms with Gasteiger partial charge in [0.1, 0.15) is 0 Å². The largest absolute Gasteiger partial charge is 0.396 e. The van der Waals surface area contributed by atoms with Crippen LogP contribution in [0.1, 0.15) is 58.1 Å². The van der Waals surface area contributed by atoms with Gasteiger partial charge < -0.3 is 20.6 Å². The van der Waals surface area contributed by atoms with Crippen molar-refractivity contribution < 1.29 is 9.90 Å². The number of hydrogen-bond acceptors (Lipinski definition) is 3. The highest BCUT2D eigenvalue weighted by Gasteiger charge is 2.25. The Labute approximate surface area is 151 Å². The lowest BCUT2D eigenvalue weighted by Crippen LogP contribution is -2.41. The lowest BCUT2D eigenvalue weighted by Gasteiger charge is -2.33. The Morgan fingerprint density at radius 1 is 1.20 bits per heavy atom. The number of benzene rings is 1. The third-order valence-corrected chi connectivity index (χ3v) is 5.32. The van der Waals surface area contributed by atoms with Crippen molar-refractivity contribution in [3.63, 3.8) is 0 Å². The summed E-state index contributed by atoms with van der Waals surface area (Å²) in [6.45, 7) is 7.78. The Bertz CT molecular complexity index is 528. The zero-order chi connectivity index (χ0) is 18.2. The highest BCUT2D eigenvalue weighted by atomic mass is 16.3. The second-order valence-corrected chi connectivity index (χ2v) is 6.95. The van der Waals surface area contributed by atoms with Gasteiger partial charge in [-0.3, -0.25) is 0 Å². The number of aliphatic hydroxyl groups excluding tert-OH is 1. The average molecular weight is 348 g/mol. The van der Waals surface area contributed by atoms with E-state index in [4.69, 9.17) is 0 Å². The Hall–Kier alpha value is -1.59. The van der Waals surface area contributed by atoms with Gasteiger partial charge in [0.25, 0.3) is 0 Å². The number of rotatable bonds is 7. The summed E-state index contributed by atoms with van der Waals surface area (Å²) in [6.07, 6.45) is 4.70. The molecule has 0 heterocycles. The Kier molecular flexibility index (Phi) is 7.72. The third kappa shape index (κ3) is 5.44. The first-order chi connectivity index (χ1) is 12.1. The molecule has 0 aliphatic heterocycles. The molecule has 1 aromatic carbocycles. The van der Waals surface area contributed by atoms with E-state index in [1.165, 1.54) is 18.4 Å². The molecule has 1 aliphatic rings. The van der Waals surface area contributed by atoms with Gasteiger partial charge in [0, 0.05) is 37.5 Å². The van der Waals surface area contributed by atoms with Crippen LogP contribution < -0.4 is 10.6 Å². The highest BCUT2D eigenvalue weighted by molar-refractivity contribution is 5.89. The van der Waals surface area contributed by atoms with Gasteiger partial charge in [-0.25, -0.2) is 4.79 Å². The second kappa shape index (κ2) is 9.78. The van der Waals surface area contributed by atoms with Crippen molar-refractivity contribution in [3.05, 3.63) is 29.8 Å². The van der Waals surface area contributed by atoms with Crippen LogP contribution in [-0.2, 0) is 0 Å². The van der Waals surface area contributed by atoms with Crippen LogP contribution in [0.3, 0.4) is 0 Å². The van der Waals surface area contributed by atoms with Gasteiger partial charge in [0.2, 0.25) is 0 Å². The molecule has 3 unspecified atom stereocenters. The third-order valence-electron chi connectivity index (χ3n) is 5.32. The standard InChI is InChI=1S/C20H33N3O2/c1-4-23(5-2)20(25)22-18-12-10-16(11-13-18)15(3)21-19-9-7-6-8-17(19)14-24/h10-13,15,17,19,21,24H,4-9,14H2,1-3H3,(H,22,25). The predicted molar refractivity (Wildman–Crippen MR) is 103 cm³/mol. The van der Waals surface area contributed by atoms with E-state index in [2.05, 4.69) is 29.7 Å². The molecular weight excluding hydrogens is 314 g/mol. The van der Waals surface area contributed by atoms with Gasteiger partial charge in [-0.2, -0.15) is 0 Å². The fraction of sp³-hybridized carbons (Fsp3) is 0.650. The minimum atomic E-state index is -0.0584. The number of urea groups is 1. The van der Waals surface area contributed by atoms with Crippen molar-refractivity contribution in [2.75, 3.05) is 25.0 Å². The number of amides is 2. The van der Waals surface area contributed by atoms with Crippen LogP contribution in [0.25, 0.3) is 0 Å². The van der Waals surface area contributed by atoms with Crippen molar-refractivity contribution >= 4 is 11.7 Å². The first kappa shape index (κ1) is 19.7. The van der Waals surface area contributed by atoms with Crippen LogP contribution in [0.15, 0.2) is 24.3 Å². The van der Waals surface area contributed by atoms with E-state index >= 15 is 0 Å². The van der Waals surface area contributed by atoms with E-state index in [1.807, 2.05) is 26.0 Å². The first-order valence-electron chi connectivity index (χ1n) is 9.61. The minimum Gasteiger partial charge on any atom is -0.396 e. The van der Waals surface area contributed by atoms with Crippen LogP contribution in [-0.4, -0.2) is 41.8 Å². The number of carbonyl (C=O) groups is 1. The van der Waals surface area contributed by atoms with E-state index < -0.39 is 0 Å². The fourth-order valence-corrected chi connectivity index (χ4v) is 3.63. The van der Waals surface area contributed by atoms with Gasteiger partial charge in [-0.1, -0.05) is 25.0 Å². The summed E-state index contributed by atoms with van der Waals surface area (Å²) in [4.78, 5) is 13.9. The van der Waals surface area contributed by atoms with E-state index in [0.29, 0.717) is 25.0 Å². The van der Waals surface area contributed by atoms with E-state index in [1.54, 1.807) is 4.90 Å². The van der Waals surface area contributed by atoms with Gasteiger partial charge in [0.05, 0.1) is 0 Å². The quantitative estimate of drug-likeness (QED) is 0.703.